The van der Waals surface area contributed by atoms with Crippen LogP contribution in [0.25, 0.3) is 0 Å². The molecule has 170 valence electrons. The smallest absolute Gasteiger partial charge is 0.211 e. The molecule has 2 aliphatic carbocycles. The Balaban J connectivity index is 2.41. The average Bonchev–Trinajstić information content (AvgIpc) is 3.31. The molecular formula is C22H27N5O5. The zero-order chi connectivity index (χ0) is 23.2. The van der Waals surface area contributed by atoms with Crippen LogP contribution in [0, 0.1) is 35.0 Å². The van der Waals surface area contributed by atoms with Crippen LogP contribution in [0.5, 0.6) is 0 Å². The first-order valence-electron chi connectivity index (χ1n) is 10.9. The standard InChI is InChI=1S/C22H27N5O5/c28-12-23-6-1-3-20-18-9-21(19(10-26-15-31)17(18)4-8-25-14-30)22(20,11-27-16-32)5-2-7-24-13-29/h17-21H,1-11H2. The van der Waals surface area contributed by atoms with Gasteiger partial charge in [0.25, 0.3) is 0 Å². The van der Waals surface area contributed by atoms with E-state index in [1.165, 1.54) is 0 Å². The van der Waals surface area contributed by atoms with E-state index >= 15 is 0 Å². The van der Waals surface area contributed by atoms with Crippen LogP contribution in [-0.4, -0.2) is 63.1 Å². The van der Waals surface area contributed by atoms with Gasteiger partial charge in [-0.2, -0.15) is 0 Å². The number of isocyanates is 5. The Labute approximate surface area is 186 Å². The Morgan fingerprint density at radius 1 is 0.688 bits per heavy atom. The fourth-order valence-electron chi connectivity index (χ4n) is 6.51. The summed E-state index contributed by atoms with van der Waals surface area (Å²) in [7, 11) is 0. The molecule has 10 heteroatoms. The van der Waals surface area contributed by atoms with Crippen molar-refractivity contribution in [2.45, 2.75) is 38.5 Å². The van der Waals surface area contributed by atoms with Gasteiger partial charge < -0.3 is 0 Å². The van der Waals surface area contributed by atoms with Crippen molar-refractivity contribution in [3.05, 3.63) is 0 Å². The monoisotopic (exact) mass is 441 g/mol. The molecule has 2 saturated carbocycles. The van der Waals surface area contributed by atoms with Gasteiger partial charge in [-0.3, -0.25) is 0 Å². The zero-order valence-corrected chi connectivity index (χ0v) is 17.9. The van der Waals surface area contributed by atoms with E-state index < -0.39 is 0 Å². The topological polar surface area (TPSA) is 147 Å². The summed E-state index contributed by atoms with van der Waals surface area (Å²) in [6, 6.07) is 0. The number of hydrogen-bond acceptors (Lipinski definition) is 10. The quantitative estimate of drug-likeness (QED) is 0.217. The molecule has 0 aromatic rings. The maximum atomic E-state index is 11.0. The molecule has 2 bridgehead atoms. The molecule has 0 heterocycles. The third-order valence-corrected chi connectivity index (χ3v) is 7.41. The summed E-state index contributed by atoms with van der Waals surface area (Å²) in [5.41, 5.74) is -0.334. The van der Waals surface area contributed by atoms with Gasteiger partial charge in [0.1, 0.15) is 0 Å². The molecule has 10 nitrogen and oxygen atoms in total. The highest BCUT2D eigenvalue weighted by atomic mass is 16.1. The predicted octanol–water partition coefficient (Wildman–Crippen LogP) is 2.10. The third kappa shape index (κ3) is 5.77. The maximum Gasteiger partial charge on any atom is 0.234 e. The van der Waals surface area contributed by atoms with Crippen molar-refractivity contribution in [3.8, 4) is 0 Å². The summed E-state index contributed by atoms with van der Waals surface area (Å²) >= 11 is 0. The Morgan fingerprint density at radius 2 is 1.31 bits per heavy atom. The fraction of sp³-hybridized carbons (Fsp3) is 0.773. The Hall–Kier alpha value is -3.10. The van der Waals surface area contributed by atoms with Gasteiger partial charge in [0.05, 0.1) is 32.7 Å². The molecule has 0 spiro atoms. The van der Waals surface area contributed by atoms with E-state index in [9.17, 15) is 24.0 Å². The fourth-order valence-corrected chi connectivity index (χ4v) is 6.51. The van der Waals surface area contributed by atoms with Crippen molar-refractivity contribution in [1.29, 1.82) is 0 Å². The number of nitrogens with zero attached hydrogens (tertiary/aromatic N) is 5. The SMILES string of the molecule is O=C=NCCCC1C2CC(C(CN=C=O)C2CCN=C=O)C1(CCCN=C=O)CN=C=O. The van der Waals surface area contributed by atoms with Crippen molar-refractivity contribution < 1.29 is 24.0 Å². The first-order chi connectivity index (χ1) is 15.7. The van der Waals surface area contributed by atoms with E-state index in [0.717, 1.165) is 12.8 Å². The maximum absolute atomic E-state index is 11.0. The van der Waals surface area contributed by atoms with Gasteiger partial charge in [0.2, 0.25) is 30.4 Å². The summed E-state index contributed by atoms with van der Waals surface area (Å²) < 4.78 is 0. The second-order valence-corrected chi connectivity index (χ2v) is 8.47. The largest absolute Gasteiger partial charge is 0.234 e. The van der Waals surface area contributed by atoms with Gasteiger partial charge in [-0.05, 0) is 73.5 Å². The van der Waals surface area contributed by atoms with Crippen LogP contribution < -0.4 is 0 Å². The van der Waals surface area contributed by atoms with Crippen molar-refractivity contribution >= 4 is 30.4 Å². The highest BCUT2D eigenvalue weighted by molar-refractivity contribution is 5.35. The molecule has 32 heavy (non-hydrogen) atoms. The summed E-state index contributed by atoms with van der Waals surface area (Å²) in [6.45, 7) is 1.68. The van der Waals surface area contributed by atoms with Crippen LogP contribution in [0.15, 0.2) is 25.0 Å². The molecule has 2 fully saturated rings. The lowest BCUT2D eigenvalue weighted by atomic mass is 9.56. The minimum Gasteiger partial charge on any atom is -0.211 e. The molecule has 0 aromatic carbocycles. The second kappa shape index (κ2) is 13.3. The van der Waals surface area contributed by atoms with E-state index in [4.69, 9.17) is 0 Å². The molecule has 0 amide bonds. The second-order valence-electron chi connectivity index (χ2n) is 8.47. The molecule has 0 aliphatic heterocycles. The van der Waals surface area contributed by atoms with Crippen molar-refractivity contribution in [2.75, 3.05) is 32.7 Å². The van der Waals surface area contributed by atoms with Crippen molar-refractivity contribution in [3.63, 3.8) is 0 Å². The average molecular weight is 441 g/mol. The number of hydrogen-bond donors (Lipinski definition) is 0. The molecule has 0 saturated heterocycles. The van der Waals surface area contributed by atoms with Gasteiger partial charge in [-0.15, -0.1) is 0 Å². The molecule has 2 aliphatic rings. The van der Waals surface area contributed by atoms with Gasteiger partial charge in [-0.1, -0.05) is 0 Å². The van der Waals surface area contributed by atoms with E-state index in [1.807, 2.05) is 0 Å². The highest BCUT2D eigenvalue weighted by Gasteiger charge is 2.64. The lowest BCUT2D eigenvalue weighted by molar-refractivity contribution is -0.00242. The Morgan fingerprint density at radius 3 is 1.97 bits per heavy atom. The summed E-state index contributed by atoms with van der Waals surface area (Å²) in [6.07, 6.45) is 12.4. The summed E-state index contributed by atoms with van der Waals surface area (Å²) in [5, 5.41) is 0. The van der Waals surface area contributed by atoms with Gasteiger partial charge >= 0.3 is 0 Å². The van der Waals surface area contributed by atoms with E-state index in [0.29, 0.717) is 58.4 Å². The molecule has 0 N–H and O–H groups in total. The lowest BCUT2D eigenvalue weighted by Gasteiger charge is -2.49. The molecule has 0 radical (unpaired) electrons. The minimum absolute atomic E-state index is 0.0731. The van der Waals surface area contributed by atoms with Crippen LogP contribution in [-0.2, 0) is 24.0 Å². The number of aliphatic imine (C=N–C) groups is 5. The Bertz CT molecular complexity index is 877. The van der Waals surface area contributed by atoms with E-state index in [-0.39, 0.29) is 35.0 Å². The third-order valence-electron chi connectivity index (χ3n) is 7.41. The van der Waals surface area contributed by atoms with Crippen LogP contribution in [0.1, 0.15) is 38.5 Å². The van der Waals surface area contributed by atoms with Gasteiger partial charge in [0.15, 0.2) is 0 Å². The molecule has 2 rings (SSSR count). The summed E-state index contributed by atoms with van der Waals surface area (Å²) in [4.78, 5) is 72.3. The van der Waals surface area contributed by atoms with Crippen LogP contribution in [0.4, 0.5) is 0 Å². The number of rotatable bonds is 15. The van der Waals surface area contributed by atoms with E-state index in [1.54, 1.807) is 30.4 Å². The lowest BCUT2D eigenvalue weighted by Crippen LogP contribution is -2.47. The molecule has 6 unspecified atom stereocenters. The minimum atomic E-state index is -0.334. The molecular weight excluding hydrogens is 414 g/mol. The van der Waals surface area contributed by atoms with Crippen LogP contribution in [0.3, 0.4) is 0 Å². The Kier molecular flexibility index (Phi) is 10.5. The van der Waals surface area contributed by atoms with Gasteiger partial charge in [-0.25, -0.2) is 48.9 Å². The number of carbonyl (C=O) groups excluding carboxylic acids is 5. The zero-order valence-electron chi connectivity index (χ0n) is 17.9. The predicted molar refractivity (Wildman–Crippen MR) is 113 cm³/mol. The normalized spacial score (nSPS) is 29.6. The van der Waals surface area contributed by atoms with E-state index in [2.05, 4.69) is 25.0 Å². The molecule has 6 atom stereocenters. The summed E-state index contributed by atoms with van der Waals surface area (Å²) in [5.74, 6) is 0.879. The molecule has 0 aromatic heterocycles. The first kappa shape index (κ1) is 25.2. The number of fused-ring (bicyclic) bond motifs is 2. The van der Waals surface area contributed by atoms with Crippen molar-refractivity contribution in [1.82, 2.24) is 0 Å². The van der Waals surface area contributed by atoms with Crippen LogP contribution in [0.2, 0.25) is 0 Å². The van der Waals surface area contributed by atoms with Crippen LogP contribution >= 0.6 is 0 Å². The van der Waals surface area contributed by atoms with Crippen molar-refractivity contribution in [2.24, 2.45) is 60.0 Å². The highest BCUT2D eigenvalue weighted by Crippen LogP contribution is 2.67. The van der Waals surface area contributed by atoms with Gasteiger partial charge in [0, 0.05) is 0 Å². The first-order valence-corrected chi connectivity index (χ1v) is 10.9.